The number of ether oxygens (including phenoxy) is 4. The fourth-order valence-electron chi connectivity index (χ4n) is 5.33. The van der Waals surface area contributed by atoms with Crippen molar-refractivity contribution in [2.45, 2.75) is 98.4 Å². The standard InChI is InChI=1S/C22H24O9.C7H6O4.3C2H6/c1-28-15-8-12-21-10(2-4-17(26)30-21)20-11(3-5-16(25)29-20)22(12)31-19(15)9-6-13(23)18(27)14(24)7-9;8-3-4-1-5(9)7(11)6(10)2-4;3*1-2/h6-7,15-17,19,23-27H,2-5,8H2,1H3;1-3,9-11H;3*1-2H3/t15-,16?,17?,19-;;;;/m1..../s1. The summed E-state index contributed by atoms with van der Waals surface area (Å²) in [5.74, 6) is -1.64. The van der Waals surface area contributed by atoms with Crippen LogP contribution in [0.2, 0.25) is 0 Å². The first-order valence-corrected chi connectivity index (χ1v) is 16.1. The summed E-state index contributed by atoms with van der Waals surface area (Å²) < 4.78 is 23.5. The molecule has 0 spiro atoms. The Hall–Kier alpha value is -4.59. The Balaban J connectivity index is 0.000000395. The molecule has 0 aromatic heterocycles. The van der Waals surface area contributed by atoms with Gasteiger partial charge in [0.25, 0.3) is 0 Å². The highest BCUT2D eigenvalue weighted by molar-refractivity contribution is 5.78. The number of aliphatic hydroxyl groups excluding tert-OH is 2. The van der Waals surface area contributed by atoms with Crippen molar-refractivity contribution in [3.63, 3.8) is 0 Å². The molecule has 0 bridgehead atoms. The zero-order valence-electron chi connectivity index (χ0n) is 28.4. The second-order valence-electron chi connectivity index (χ2n) is 10.1. The number of phenolic OH excluding ortho intramolecular Hbond substituents is 6. The van der Waals surface area contributed by atoms with Crippen molar-refractivity contribution in [2.75, 3.05) is 7.11 Å². The van der Waals surface area contributed by atoms with E-state index in [0.717, 1.165) is 28.8 Å². The van der Waals surface area contributed by atoms with Gasteiger partial charge >= 0.3 is 0 Å². The second kappa shape index (κ2) is 18.1. The fraction of sp³-hybridized carbons (Fsp3) is 0.457. The highest BCUT2D eigenvalue weighted by atomic mass is 16.6. The van der Waals surface area contributed by atoms with E-state index in [9.17, 15) is 30.3 Å². The minimum absolute atomic E-state index is 0.109. The third kappa shape index (κ3) is 8.46. The number of aliphatic hydroxyl groups is 2. The molecule has 3 aromatic rings. The van der Waals surface area contributed by atoms with Gasteiger partial charge in [-0.3, -0.25) is 4.79 Å². The SMILES string of the molecule is CC.CC.CC.CO[C@@H]1Cc2c3c(c4c(c2O[C@@H]1c1cc(O)c(O)c(O)c1)CCC(O)O4)CCC(O)O3.O=Cc1cc(O)c(O)c(O)c1. The lowest BCUT2D eigenvalue weighted by Gasteiger charge is -2.39. The summed E-state index contributed by atoms with van der Waals surface area (Å²) in [6, 6.07) is 4.76. The van der Waals surface area contributed by atoms with E-state index in [1.54, 1.807) is 0 Å². The number of benzene rings is 3. The Bertz CT molecular complexity index is 1480. The number of carbonyl (C=O) groups is 1. The predicted molar refractivity (Wildman–Crippen MR) is 177 cm³/mol. The monoisotopic (exact) mass is 676 g/mol. The summed E-state index contributed by atoms with van der Waals surface area (Å²) in [5, 5.41) is 76.3. The van der Waals surface area contributed by atoms with Gasteiger partial charge in [-0.1, -0.05) is 41.5 Å². The van der Waals surface area contributed by atoms with E-state index in [-0.39, 0.29) is 5.56 Å². The molecule has 266 valence electrons. The third-order valence-corrected chi connectivity index (χ3v) is 7.37. The quantitative estimate of drug-likeness (QED) is 0.128. The van der Waals surface area contributed by atoms with E-state index in [0.29, 0.717) is 61.2 Å². The van der Waals surface area contributed by atoms with Crippen LogP contribution in [-0.2, 0) is 24.0 Å². The highest BCUT2D eigenvalue weighted by Gasteiger charge is 2.41. The molecule has 3 aromatic carbocycles. The molecule has 2 unspecified atom stereocenters. The Kier molecular flexibility index (Phi) is 14.9. The molecular formula is C35H48O13. The fourth-order valence-corrected chi connectivity index (χ4v) is 5.33. The van der Waals surface area contributed by atoms with Crippen molar-refractivity contribution in [3.05, 3.63) is 52.1 Å². The zero-order chi connectivity index (χ0) is 36.3. The second-order valence-corrected chi connectivity index (χ2v) is 10.1. The Morgan fingerprint density at radius 2 is 1.04 bits per heavy atom. The van der Waals surface area contributed by atoms with Gasteiger partial charge in [0.05, 0.1) is 0 Å². The number of fused-ring (bicyclic) bond motifs is 6. The Morgan fingerprint density at radius 3 is 1.46 bits per heavy atom. The van der Waals surface area contributed by atoms with Crippen LogP contribution >= 0.6 is 0 Å². The molecule has 6 rings (SSSR count). The van der Waals surface area contributed by atoms with Crippen LogP contribution in [0.5, 0.6) is 51.7 Å². The molecule has 0 radical (unpaired) electrons. The van der Waals surface area contributed by atoms with Crippen molar-refractivity contribution in [1.82, 2.24) is 0 Å². The molecule has 0 saturated heterocycles. The van der Waals surface area contributed by atoms with E-state index >= 15 is 0 Å². The van der Waals surface area contributed by atoms with Crippen molar-refractivity contribution in [2.24, 2.45) is 0 Å². The molecule has 0 aliphatic carbocycles. The molecule has 3 aliphatic rings. The maximum Gasteiger partial charge on any atom is 0.200 e. The van der Waals surface area contributed by atoms with Crippen LogP contribution in [0, 0.1) is 0 Å². The summed E-state index contributed by atoms with van der Waals surface area (Å²) in [4.78, 5) is 10.1. The molecule has 0 fully saturated rings. The smallest absolute Gasteiger partial charge is 0.200 e. The number of carbonyl (C=O) groups excluding carboxylic acids is 1. The molecule has 13 heteroatoms. The van der Waals surface area contributed by atoms with E-state index in [2.05, 4.69) is 0 Å². The molecule has 8 N–H and O–H groups in total. The van der Waals surface area contributed by atoms with Crippen LogP contribution in [-0.4, -0.2) is 72.9 Å². The first-order valence-electron chi connectivity index (χ1n) is 16.1. The van der Waals surface area contributed by atoms with Crippen LogP contribution in [0.3, 0.4) is 0 Å². The maximum atomic E-state index is 10.1. The van der Waals surface area contributed by atoms with Crippen molar-refractivity contribution < 1.29 is 64.6 Å². The van der Waals surface area contributed by atoms with Gasteiger partial charge in [0.2, 0.25) is 0 Å². The Morgan fingerprint density at radius 1 is 0.646 bits per heavy atom. The van der Waals surface area contributed by atoms with E-state index in [1.807, 2.05) is 41.5 Å². The van der Waals surface area contributed by atoms with E-state index < -0.39 is 59.3 Å². The van der Waals surface area contributed by atoms with Crippen molar-refractivity contribution in [1.29, 1.82) is 0 Å². The molecule has 4 atom stereocenters. The lowest BCUT2D eigenvalue weighted by molar-refractivity contribution is -0.0490. The number of phenols is 6. The average Bonchev–Trinajstić information content (AvgIpc) is 3.11. The van der Waals surface area contributed by atoms with Crippen LogP contribution in [0.15, 0.2) is 24.3 Å². The summed E-state index contributed by atoms with van der Waals surface area (Å²) in [6.07, 6.45) is -0.321. The topological polar surface area (TPSA) is 216 Å². The number of aromatic hydroxyl groups is 6. The first-order chi connectivity index (χ1) is 23.0. The van der Waals surface area contributed by atoms with E-state index in [4.69, 9.17) is 34.3 Å². The molecule has 48 heavy (non-hydrogen) atoms. The number of rotatable bonds is 3. The summed E-state index contributed by atoms with van der Waals surface area (Å²) in [6.45, 7) is 12.0. The minimum atomic E-state index is -0.951. The van der Waals surface area contributed by atoms with Crippen LogP contribution in [0.1, 0.15) is 93.1 Å². The summed E-state index contributed by atoms with van der Waals surface area (Å²) >= 11 is 0. The molecule has 0 amide bonds. The van der Waals surface area contributed by atoms with Crippen molar-refractivity contribution >= 4 is 6.29 Å². The van der Waals surface area contributed by atoms with Gasteiger partial charge in [0.1, 0.15) is 29.6 Å². The lowest BCUT2D eigenvalue weighted by Crippen LogP contribution is -2.35. The van der Waals surface area contributed by atoms with Crippen LogP contribution in [0.25, 0.3) is 0 Å². The van der Waals surface area contributed by atoms with Crippen LogP contribution in [0.4, 0.5) is 0 Å². The van der Waals surface area contributed by atoms with Gasteiger partial charge in [-0.05, 0) is 37.1 Å². The molecule has 0 saturated carbocycles. The van der Waals surface area contributed by atoms with Gasteiger partial charge in [-0.2, -0.15) is 0 Å². The zero-order valence-corrected chi connectivity index (χ0v) is 28.4. The van der Waals surface area contributed by atoms with Gasteiger partial charge in [-0.25, -0.2) is 0 Å². The third-order valence-electron chi connectivity index (χ3n) is 7.37. The first kappa shape index (κ1) is 39.6. The Labute approximate surface area is 280 Å². The number of methoxy groups -OCH3 is 1. The highest BCUT2D eigenvalue weighted by Crippen LogP contribution is 2.53. The molecular weight excluding hydrogens is 628 g/mol. The average molecular weight is 677 g/mol. The molecule has 3 heterocycles. The minimum Gasteiger partial charge on any atom is -0.504 e. The molecule has 13 nitrogen and oxygen atoms in total. The summed E-state index contributed by atoms with van der Waals surface area (Å²) in [5.41, 5.74) is 2.90. The largest absolute Gasteiger partial charge is 0.504 e. The number of aldehydes is 1. The van der Waals surface area contributed by atoms with E-state index in [1.165, 1.54) is 19.2 Å². The van der Waals surface area contributed by atoms with Crippen LogP contribution < -0.4 is 14.2 Å². The van der Waals surface area contributed by atoms with Gasteiger partial charge < -0.3 is 59.8 Å². The normalized spacial score (nSPS) is 19.7. The lowest BCUT2D eigenvalue weighted by atomic mass is 9.86. The predicted octanol–water partition coefficient (Wildman–Crippen LogP) is 5.48. The van der Waals surface area contributed by atoms with Crippen molar-refractivity contribution in [3.8, 4) is 51.7 Å². The van der Waals surface area contributed by atoms with Gasteiger partial charge in [-0.15, -0.1) is 0 Å². The number of hydrogen-bond acceptors (Lipinski definition) is 13. The van der Waals surface area contributed by atoms with Gasteiger partial charge in [0.15, 0.2) is 53.2 Å². The van der Waals surface area contributed by atoms with Gasteiger partial charge in [0, 0.05) is 54.2 Å². The molecule has 3 aliphatic heterocycles. The number of hydrogen-bond donors (Lipinski definition) is 8. The maximum absolute atomic E-state index is 10.1. The summed E-state index contributed by atoms with van der Waals surface area (Å²) in [7, 11) is 1.53.